The van der Waals surface area contributed by atoms with E-state index >= 15 is 0 Å². The van der Waals surface area contributed by atoms with Crippen LogP contribution in [0.1, 0.15) is 82.5 Å². The molecule has 2 nitrogen and oxygen atoms in total. The van der Waals surface area contributed by atoms with Gasteiger partial charge in [0.25, 0.3) is 0 Å². The summed E-state index contributed by atoms with van der Waals surface area (Å²) >= 11 is 0. The van der Waals surface area contributed by atoms with Gasteiger partial charge in [0, 0.05) is 17.4 Å². The molecule has 1 aromatic rings. The van der Waals surface area contributed by atoms with Gasteiger partial charge in [-0.25, -0.2) is 0 Å². The number of fused-ring (bicyclic) bond motifs is 5. The van der Waals surface area contributed by atoms with E-state index in [9.17, 15) is 9.59 Å². The summed E-state index contributed by atoms with van der Waals surface area (Å²) < 4.78 is 0. The zero-order chi connectivity index (χ0) is 21.1. The smallest absolute Gasteiger partial charge is 0.166 e. The molecule has 0 bridgehead atoms. The highest BCUT2D eigenvalue weighted by Crippen LogP contribution is 2.66. The number of ketones is 2. The van der Waals surface area contributed by atoms with E-state index in [0.717, 1.165) is 37.2 Å². The Bertz CT molecular complexity index is 883. The van der Waals surface area contributed by atoms with Gasteiger partial charge < -0.3 is 0 Å². The molecule has 4 aliphatic rings. The lowest BCUT2D eigenvalue weighted by atomic mass is 9.46. The largest absolute Gasteiger partial charge is 0.300 e. The monoisotopic (exact) mass is 404 g/mol. The van der Waals surface area contributed by atoms with Crippen molar-refractivity contribution >= 4 is 11.6 Å². The van der Waals surface area contributed by atoms with Crippen LogP contribution >= 0.6 is 0 Å². The highest BCUT2D eigenvalue weighted by molar-refractivity contribution is 5.98. The summed E-state index contributed by atoms with van der Waals surface area (Å²) in [5.74, 6) is 3.27. The van der Waals surface area contributed by atoms with Gasteiger partial charge in [0.05, 0.1) is 0 Å². The topological polar surface area (TPSA) is 34.1 Å². The van der Waals surface area contributed by atoms with Gasteiger partial charge in [-0.2, -0.15) is 0 Å². The molecule has 1 aromatic carbocycles. The molecule has 3 saturated carbocycles. The summed E-state index contributed by atoms with van der Waals surface area (Å²) in [6.07, 6.45) is 11.6. The predicted molar refractivity (Wildman–Crippen MR) is 120 cm³/mol. The third-order valence-corrected chi connectivity index (χ3v) is 10.1. The molecule has 0 aromatic heterocycles. The van der Waals surface area contributed by atoms with Crippen LogP contribution in [0.2, 0.25) is 0 Å². The van der Waals surface area contributed by atoms with Crippen LogP contribution in [0.25, 0.3) is 0 Å². The number of benzene rings is 1. The fourth-order valence-electron chi connectivity index (χ4n) is 8.24. The first-order chi connectivity index (χ1) is 14.3. The van der Waals surface area contributed by atoms with E-state index in [1.807, 2.05) is 30.3 Å². The number of Topliss-reactive ketones (excluding diaryl/α,β-unsaturated/α-hetero) is 2. The van der Waals surface area contributed by atoms with E-state index in [0.29, 0.717) is 23.4 Å². The Kier molecular flexibility index (Phi) is 4.84. The van der Waals surface area contributed by atoms with Crippen molar-refractivity contribution in [2.45, 2.75) is 72.1 Å². The SMILES string of the molecule is CC(=O)[C@@H]1CC[C@@]2(C)C(=CC[C@H]3[C@@H]4CC[C@H](C(=O)c5ccccc5)[C@@]4(C)CC[C@@H]32)C1. The zero-order valence-electron chi connectivity index (χ0n) is 18.8. The van der Waals surface area contributed by atoms with Gasteiger partial charge >= 0.3 is 0 Å². The molecule has 2 heteroatoms. The van der Waals surface area contributed by atoms with Crippen LogP contribution in [0.4, 0.5) is 0 Å². The third kappa shape index (κ3) is 2.89. The van der Waals surface area contributed by atoms with Gasteiger partial charge in [-0.15, -0.1) is 0 Å². The maximum absolute atomic E-state index is 13.4. The first-order valence-electron chi connectivity index (χ1n) is 12.1. The van der Waals surface area contributed by atoms with Crippen LogP contribution in [0.3, 0.4) is 0 Å². The second kappa shape index (κ2) is 7.18. The van der Waals surface area contributed by atoms with E-state index in [-0.39, 0.29) is 22.7 Å². The fourth-order valence-corrected chi connectivity index (χ4v) is 8.24. The van der Waals surface area contributed by atoms with E-state index in [4.69, 9.17) is 0 Å². The summed E-state index contributed by atoms with van der Waals surface area (Å²) in [6.45, 7) is 6.70. The van der Waals surface area contributed by atoms with Gasteiger partial charge in [0.15, 0.2) is 5.78 Å². The van der Waals surface area contributed by atoms with Crippen molar-refractivity contribution in [2.75, 3.05) is 0 Å². The Morgan fingerprint density at radius 2 is 1.70 bits per heavy atom. The number of allylic oxidation sites excluding steroid dienone is 2. The molecule has 0 heterocycles. The Morgan fingerprint density at radius 3 is 2.43 bits per heavy atom. The quantitative estimate of drug-likeness (QED) is 0.417. The molecule has 5 rings (SSSR count). The van der Waals surface area contributed by atoms with E-state index in [1.165, 1.54) is 25.7 Å². The molecular formula is C28H36O2. The highest BCUT2D eigenvalue weighted by atomic mass is 16.1. The number of carbonyl (C=O) groups is 2. The van der Waals surface area contributed by atoms with Crippen LogP contribution in [0.5, 0.6) is 0 Å². The van der Waals surface area contributed by atoms with Gasteiger partial charge in [-0.3, -0.25) is 9.59 Å². The molecule has 0 radical (unpaired) electrons. The van der Waals surface area contributed by atoms with Crippen LogP contribution in [-0.4, -0.2) is 11.6 Å². The first-order valence-corrected chi connectivity index (χ1v) is 12.1. The summed E-state index contributed by atoms with van der Waals surface area (Å²) in [5.41, 5.74) is 2.89. The Hall–Kier alpha value is -1.70. The average Bonchev–Trinajstić information content (AvgIpc) is 3.10. The van der Waals surface area contributed by atoms with Crippen LogP contribution in [0, 0.1) is 40.4 Å². The summed E-state index contributed by atoms with van der Waals surface area (Å²) in [4.78, 5) is 25.4. The van der Waals surface area contributed by atoms with E-state index in [2.05, 4.69) is 19.9 Å². The van der Waals surface area contributed by atoms with Crippen molar-refractivity contribution in [3.05, 3.63) is 47.5 Å². The molecule has 3 fully saturated rings. The van der Waals surface area contributed by atoms with Crippen LogP contribution in [0.15, 0.2) is 42.0 Å². The maximum atomic E-state index is 13.4. The lowest BCUT2D eigenvalue weighted by molar-refractivity contribution is -0.122. The normalized spacial score (nSPS) is 42.5. The molecule has 7 atom stereocenters. The number of carbonyl (C=O) groups excluding carboxylic acids is 2. The maximum Gasteiger partial charge on any atom is 0.166 e. The molecular weight excluding hydrogens is 368 g/mol. The molecule has 0 spiro atoms. The minimum atomic E-state index is 0.145. The van der Waals surface area contributed by atoms with E-state index in [1.54, 1.807) is 12.5 Å². The minimum absolute atomic E-state index is 0.145. The zero-order valence-corrected chi connectivity index (χ0v) is 18.8. The van der Waals surface area contributed by atoms with Crippen LogP contribution < -0.4 is 0 Å². The Morgan fingerprint density at radius 1 is 0.933 bits per heavy atom. The third-order valence-electron chi connectivity index (χ3n) is 10.1. The predicted octanol–water partition coefficient (Wildman–Crippen LogP) is 6.65. The Labute approximate surface area is 181 Å². The molecule has 0 N–H and O–H groups in total. The summed E-state index contributed by atoms with van der Waals surface area (Å²) in [6, 6.07) is 9.97. The van der Waals surface area contributed by atoms with Crippen molar-refractivity contribution < 1.29 is 9.59 Å². The summed E-state index contributed by atoms with van der Waals surface area (Å²) in [7, 11) is 0. The van der Waals surface area contributed by atoms with Crippen molar-refractivity contribution in [1.82, 2.24) is 0 Å². The number of rotatable bonds is 3. The van der Waals surface area contributed by atoms with Gasteiger partial charge in [-0.05, 0) is 86.9 Å². The Balaban J connectivity index is 1.41. The van der Waals surface area contributed by atoms with Crippen molar-refractivity contribution in [1.29, 1.82) is 0 Å². The van der Waals surface area contributed by atoms with Gasteiger partial charge in [-0.1, -0.05) is 55.8 Å². The second-order valence-electron chi connectivity index (χ2n) is 11.2. The van der Waals surface area contributed by atoms with Crippen molar-refractivity contribution in [2.24, 2.45) is 40.4 Å². The molecule has 0 aliphatic heterocycles. The first kappa shape index (κ1) is 20.2. The lowest BCUT2D eigenvalue weighted by Crippen LogP contribution is -2.50. The second-order valence-corrected chi connectivity index (χ2v) is 11.2. The molecule has 160 valence electrons. The fraction of sp³-hybridized carbons (Fsp3) is 0.643. The van der Waals surface area contributed by atoms with Gasteiger partial charge in [0.2, 0.25) is 0 Å². The average molecular weight is 405 g/mol. The van der Waals surface area contributed by atoms with Crippen molar-refractivity contribution in [3.63, 3.8) is 0 Å². The molecule has 4 aliphatic carbocycles. The molecule has 30 heavy (non-hydrogen) atoms. The number of hydrogen-bond acceptors (Lipinski definition) is 2. The number of hydrogen-bond donors (Lipinski definition) is 0. The molecule has 0 saturated heterocycles. The van der Waals surface area contributed by atoms with Crippen molar-refractivity contribution in [3.8, 4) is 0 Å². The lowest BCUT2D eigenvalue weighted by Gasteiger charge is -2.58. The minimum Gasteiger partial charge on any atom is -0.300 e. The van der Waals surface area contributed by atoms with Gasteiger partial charge in [0.1, 0.15) is 5.78 Å². The highest BCUT2D eigenvalue weighted by Gasteiger charge is 2.59. The summed E-state index contributed by atoms with van der Waals surface area (Å²) in [5, 5.41) is 0. The molecule has 0 amide bonds. The standard InChI is InChI=1S/C28H36O2/c1-18(29)20-13-15-27(2)21(17-20)9-10-22-23-11-12-25(28(23,3)16-14-24(22)27)26(30)19-7-5-4-6-8-19/h4-9,20,22-25H,10-17H2,1-3H3/t20-,22+,23+,24+,25-,27+,28+/m1/s1. The van der Waals surface area contributed by atoms with Crippen LogP contribution in [-0.2, 0) is 4.79 Å². The molecule has 0 unspecified atom stereocenters. The van der Waals surface area contributed by atoms with E-state index < -0.39 is 0 Å².